The summed E-state index contributed by atoms with van der Waals surface area (Å²) in [5.74, 6) is 1.06. The lowest BCUT2D eigenvalue weighted by Gasteiger charge is -2.20. The predicted molar refractivity (Wildman–Crippen MR) is 72.4 cm³/mol. The van der Waals surface area contributed by atoms with Gasteiger partial charge in [-0.05, 0) is 31.7 Å². The molecule has 1 amide bonds. The third kappa shape index (κ3) is 3.31. The van der Waals surface area contributed by atoms with Gasteiger partial charge in [0.1, 0.15) is 6.33 Å². The second kappa shape index (κ2) is 5.68. The Balaban J connectivity index is 1.53. The minimum absolute atomic E-state index is 0.200. The van der Waals surface area contributed by atoms with Gasteiger partial charge in [0, 0.05) is 17.5 Å². The van der Waals surface area contributed by atoms with Crippen molar-refractivity contribution in [3.8, 4) is 0 Å². The summed E-state index contributed by atoms with van der Waals surface area (Å²) >= 11 is 0. The fourth-order valence-electron chi connectivity index (χ4n) is 2.80. The molecule has 0 unspecified atom stereocenters. The second-order valence-corrected chi connectivity index (χ2v) is 5.76. The smallest absolute Gasteiger partial charge is 0.223 e. The summed E-state index contributed by atoms with van der Waals surface area (Å²) < 4.78 is 0. The molecule has 1 heterocycles. The molecular weight excluding hydrogens is 238 g/mol. The van der Waals surface area contributed by atoms with E-state index in [0.29, 0.717) is 12.5 Å². The normalized spacial score (nSPS) is 20.2. The number of nitrogens with zero attached hydrogens (tertiary/aromatic N) is 2. The van der Waals surface area contributed by atoms with Crippen LogP contribution in [0, 0.1) is 5.92 Å². The number of carbonyl (C=O) groups is 1. The molecule has 4 nitrogen and oxygen atoms in total. The molecule has 2 saturated carbocycles. The van der Waals surface area contributed by atoms with Crippen molar-refractivity contribution in [2.75, 3.05) is 0 Å². The van der Waals surface area contributed by atoms with E-state index in [1.54, 1.807) is 6.33 Å². The highest BCUT2D eigenvalue weighted by Gasteiger charge is 2.25. The maximum absolute atomic E-state index is 12.0. The third-order valence-electron chi connectivity index (χ3n) is 4.16. The Morgan fingerprint density at radius 1 is 1.16 bits per heavy atom. The van der Waals surface area contributed by atoms with Crippen molar-refractivity contribution in [3.05, 3.63) is 23.8 Å². The molecule has 1 N–H and O–H groups in total. The van der Waals surface area contributed by atoms with Crippen molar-refractivity contribution < 1.29 is 4.79 Å². The van der Waals surface area contributed by atoms with Crippen LogP contribution in [0.4, 0.5) is 0 Å². The van der Waals surface area contributed by atoms with Crippen LogP contribution in [0.25, 0.3) is 0 Å². The molecule has 0 aromatic carbocycles. The van der Waals surface area contributed by atoms with Crippen LogP contribution in [-0.4, -0.2) is 15.9 Å². The second-order valence-electron chi connectivity index (χ2n) is 5.76. The minimum Gasteiger partial charge on any atom is -0.350 e. The van der Waals surface area contributed by atoms with Crippen LogP contribution >= 0.6 is 0 Å². The lowest BCUT2D eigenvalue weighted by molar-refractivity contribution is -0.126. The Morgan fingerprint density at radius 2 is 1.95 bits per heavy atom. The van der Waals surface area contributed by atoms with Gasteiger partial charge in [-0.15, -0.1) is 0 Å². The van der Waals surface area contributed by atoms with Gasteiger partial charge in [0.05, 0.1) is 12.2 Å². The molecule has 0 spiro atoms. The molecule has 1 aromatic heterocycles. The lowest BCUT2D eigenvalue weighted by Crippen LogP contribution is -2.31. The molecule has 3 rings (SSSR count). The van der Waals surface area contributed by atoms with Gasteiger partial charge in [0.25, 0.3) is 0 Å². The Bertz CT molecular complexity index is 450. The molecule has 2 fully saturated rings. The zero-order chi connectivity index (χ0) is 13.1. The van der Waals surface area contributed by atoms with E-state index < -0.39 is 0 Å². The fourth-order valence-corrected chi connectivity index (χ4v) is 2.80. The number of hydrogen-bond acceptors (Lipinski definition) is 3. The topological polar surface area (TPSA) is 54.9 Å². The van der Waals surface area contributed by atoms with Crippen LogP contribution in [-0.2, 0) is 11.3 Å². The summed E-state index contributed by atoms with van der Waals surface area (Å²) in [7, 11) is 0. The maximum atomic E-state index is 12.0. The highest BCUT2D eigenvalue weighted by atomic mass is 16.1. The first-order valence-corrected chi connectivity index (χ1v) is 7.41. The first-order valence-electron chi connectivity index (χ1n) is 7.41. The van der Waals surface area contributed by atoms with Gasteiger partial charge < -0.3 is 5.32 Å². The molecule has 102 valence electrons. The Labute approximate surface area is 114 Å². The van der Waals surface area contributed by atoms with Crippen LogP contribution in [0.2, 0.25) is 0 Å². The van der Waals surface area contributed by atoms with Crippen LogP contribution in [0.3, 0.4) is 0 Å². The van der Waals surface area contributed by atoms with E-state index in [4.69, 9.17) is 0 Å². The molecule has 0 aliphatic heterocycles. The predicted octanol–water partition coefficient (Wildman–Crippen LogP) is 2.55. The molecule has 0 saturated heterocycles. The van der Waals surface area contributed by atoms with Crippen molar-refractivity contribution >= 4 is 5.91 Å². The third-order valence-corrected chi connectivity index (χ3v) is 4.16. The molecule has 2 aliphatic rings. The average Bonchev–Trinajstić information content (AvgIpc) is 3.31. The fraction of sp³-hybridized carbons (Fsp3) is 0.667. The molecule has 4 heteroatoms. The standard InChI is InChI=1S/C15H21N3O/c19-15(12-4-2-1-3-5-12)16-9-13-8-14(11-6-7-11)18-10-17-13/h8,10-12H,1-7,9H2,(H,16,19). The SMILES string of the molecule is O=C(NCc1cc(C2CC2)ncn1)C1CCCCC1. The monoisotopic (exact) mass is 259 g/mol. The molecule has 19 heavy (non-hydrogen) atoms. The number of aromatic nitrogens is 2. The van der Waals surface area contributed by atoms with E-state index in [2.05, 4.69) is 15.3 Å². The van der Waals surface area contributed by atoms with E-state index in [1.807, 2.05) is 6.07 Å². The van der Waals surface area contributed by atoms with Gasteiger partial charge in [-0.2, -0.15) is 0 Å². The van der Waals surface area contributed by atoms with Crippen molar-refractivity contribution in [2.45, 2.75) is 57.4 Å². The number of rotatable bonds is 4. The first kappa shape index (κ1) is 12.6. The summed E-state index contributed by atoms with van der Waals surface area (Å²) in [6.45, 7) is 0.539. The molecule has 0 radical (unpaired) electrons. The first-order chi connectivity index (χ1) is 9.33. The van der Waals surface area contributed by atoms with Crippen molar-refractivity contribution in [3.63, 3.8) is 0 Å². The van der Waals surface area contributed by atoms with E-state index in [9.17, 15) is 4.79 Å². The van der Waals surface area contributed by atoms with E-state index in [0.717, 1.165) is 24.2 Å². The largest absolute Gasteiger partial charge is 0.350 e. The highest BCUT2D eigenvalue weighted by Crippen LogP contribution is 2.38. The number of nitrogens with one attached hydrogen (secondary N) is 1. The van der Waals surface area contributed by atoms with Crippen LogP contribution in [0.1, 0.15) is 62.3 Å². The Morgan fingerprint density at radius 3 is 2.68 bits per heavy atom. The van der Waals surface area contributed by atoms with Gasteiger partial charge >= 0.3 is 0 Å². The minimum atomic E-state index is 0.200. The van der Waals surface area contributed by atoms with Crippen LogP contribution in [0.15, 0.2) is 12.4 Å². The lowest BCUT2D eigenvalue weighted by atomic mass is 9.89. The van der Waals surface area contributed by atoms with E-state index in [1.165, 1.54) is 32.1 Å². The molecule has 1 aromatic rings. The Kier molecular flexibility index (Phi) is 3.76. The molecule has 2 aliphatic carbocycles. The zero-order valence-electron chi connectivity index (χ0n) is 11.3. The number of hydrogen-bond donors (Lipinski definition) is 1. The zero-order valence-corrected chi connectivity index (χ0v) is 11.3. The Hall–Kier alpha value is -1.45. The van der Waals surface area contributed by atoms with Gasteiger partial charge in [-0.1, -0.05) is 19.3 Å². The van der Waals surface area contributed by atoms with Gasteiger partial charge in [-0.25, -0.2) is 9.97 Å². The maximum Gasteiger partial charge on any atom is 0.223 e. The van der Waals surface area contributed by atoms with Gasteiger partial charge in [0.2, 0.25) is 5.91 Å². The van der Waals surface area contributed by atoms with Crippen LogP contribution < -0.4 is 5.32 Å². The summed E-state index contributed by atoms with van der Waals surface area (Å²) in [5.41, 5.74) is 2.07. The van der Waals surface area contributed by atoms with Crippen molar-refractivity contribution in [1.82, 2.24) is 15.3 Å². The summed E-state index contributed by atoms with van der Waals surface area (Å²) in [5, 5.41) is 3.03. The van der Waals surface area contributed by atoms with Gasteiger partial charge in [-0.3, -0.25) is 4.79 Å². The average molecular weight is 259 g/mol. The highest BCUT2D eigenvalue weighted by molar-refractivity contribution is 5.78. The van der Waals surface area contributed by atoms with Gasteiger partial charge in [0.15, 0.2) is 0 Å². The van der Waals surface area contributed by atoms with E-state index >= 15 is 0 Å². The van der Waals surface area contributed by atoms with Crippen LogP contribution in [0.5, 0.6) is 0 Å². The molecule has 0 atom stereocenters. The number of amides is 1. The summed E-state index contributed by atoms with van der Waals surface area (Å²) in [6.07, 6.45) is 9.85. The molecule has 0 bridgehead atoms. The number of carbonyl (C=O) groups excluding carboxylic acids is 1. The quantitative estimate of drug-likeness (QED) is 0.904. The molecular formula is C15H21N3O. The van der Waals surface area contributed by atoms with Crippen molar-refractivity contribution in [1.29, 1.82) is 0 Å². The summed E-state index contributed by atoms with van der Waals surface area (Å²) in [6, 6.07) is 2.04. The van der Waals surface area contributed by atoms with E-state index in [-0.39, 0.29) is 11.8 Å². The summed E-state index contributed by atoms with van der Waals surface area (Å²) in [4.78, 5) is 20.6. The van der Waals surface area contributed by atoms with Crippen molar-refractivity contribution in [2.24, 2.45) is 5.92 Å².